The summed E-state index contributed by atoms with van der Waals surface area (Å²) >= 11 is 0. The van der Waals surface area contributed by atoms with Gasteiger partial charge in [-0.1, -0.05) is 17.7 Å². The minimum Gasteiger partial charge on any atom is -0.482 e. The summed E-state index contributed by atoms with van der Waals surface area (Å²) in [6, 6.07) is 13.5. The Morgan fingerprint density at radius 1 is 1.00 bits per heavy atom. The quantitative estimate of drug-likeness (QED) is 0.479. The third-order valence-corrected chi connectivity index (χ3v) is 2.60. The van der Waals surface area contributed by atoms with Gasteiger partial charge < -0.3 is 14.2 Å². The van der Waals surface area contributed by atoms with Crippen molar-refractivity contribution in [1.82, 2.24) is 0 Å². The first-order valence-electron chi connectivity index (χ1n) is 6.23. The van der Waals surface area contributed by atoms with Gasteiger partial charge in [-0.2, -0.15) is 0 Å². The Morgan fingerprint density at radius 3 is 2.19 bits per heavy atom. The van der Waals surface area contributed by atoms with E-state index in [2.05, 4.69) is 4.74 Å². The van der Waals surface area contributed by atoms with Gasteiger partial charge in [-0.15, -0.1) is 5.26 Å². The summed E-state index contributed by atoms with van der Waals surface area (Å²) in [6.07, 6.45) is 1.57. The molecule has 0 aliphatic carbocycles. The van der Waals surface area contributed by atoms with E-state index in [-0.39, 0.29) is 6.61 Å². The first-order chi connectivity index (χ1) is 10.2. The van der Waals surface area contributed by atoms with Crippen LogP contribution in [0.3, 0.4) is 0 Å². The number of ether oxygens (including phenoxy) is 3. The fourth-order valence-corrected chi connectivity index (χ4v) is 1.57. The number of hydrogen-bond acceptors (Lipinski definition) is 5. The predicted molar refractivity (Wildman–Crippen MR) is 75.0 cm³/mol. The molecule has 21 heavy (non-hydrogen) atoms. The first-order valence-corrected chi connectivity index (χ1v) is 6.23. The van der Waals surface area contributed by atoms with Crippen molar-refractivity contribution in [2.45, 2.75) is 6.92 Å². The van der Waals surface area contributed by atoms with E-state index in [4.69, 9.17) is 14.7 Å². The summed E-state index contributed by atoms with van der Waals surface area (Å²) in [5, 5.41) is 8.36. The second-order valence-electron chi connectivity index (χ2n) is 4.24. The second-order valence-corrected chi connectivity index (χ2v) is 4.24. The van der Waals surface area contributed by atoms with Crippen molar-refractivity contribution in [1.29, 1.82) is 5.26 Å². The maximum atomic E-state index is 11.6. The molecule has 0 atom stereocenters. The van der Waals surface area contributed by atoms with E-state index >= 15 is 0 Å². The molecule has 2 rings (SSSR count). The number of hydrogen-bond donors (Lipinski definition) is 0. The van der Waals surface area contributed by atoms with Gasteiger partial charge in [-0.3, -0.25) is 0 Å². The number of carbonyl (C=O) groups is 1. The van der Waals surface area contributed by atoms with E-state index in [0.717, 1.165) is 5.56 Å². The summed E-state index contributed by atoms with van der Waals surface area (Å²) in [5.41, 5.74) is 1.09. The molecule has 0 aliphatic heterocycles. The summed E-state index contributed by atoms with van der Waals surface area (Å²) < 4.78 is 15.0. The maximum Gasteiger partial charge on any atom is 0.349 e. The van der Waals surface area contributed by atoms with Gasteiger partial charge in [0.15, 0.2) is 6.61 Å². The van der Waals surface area contributed by atoms with Crippen LogP contribution in [0.25, 0.3) is 0 Å². The Hall–Kier alpha value is -3.00. The molecule has 0 aliphatic rings. The van der Waals surface area contributed by atoms with E-state index in [0.29, 0.717) is 17.2 Å². The van der Waals surface area contributed by atoms with Gasteiger partial charge in [0, 0.05) is 0 Å². The zero-order valence-electron chi connectivity index (χ0n) is 11.4. The fraction of sp³-hybridized carbons (Fsp3) is 0.125. The molecule has 0 amide bonds. The average molecular weight is 283 g/mol. The molecule has 0 bridgehead atoms. The van der Waals surface area contributed by atoms with Crippen LogP contribution in [0, 0.1) is 18.4 Å². The lowest BCUT2D eigenvalue weighted by molar-refractivity contribution is -0.136. The largest absolute Gasteiger partial charge is 0.482 e. The Bertz CT molecular complexity index is 641. The van der Waals surface area contributed by atoms with Crippen molar-refractivity contribution >= 4 is 5.97 Å². The third-order valence-electron chi connectivity index (χ3n) is 2.60. The van der Waals surface area contributed by atoms with Crippen LogP contribution in [-0.2, 0) is 4.79 Å². The van der Waals surface area contributed by atoms with Crippen LogP contribution in [-0.4, -0.2) is 12.6 Å². The molecule has 0 heterocycles. The Morgan fingerprint density at radius 2 is 1.57 bits per heavy atom. The number of rotatable bonds is 5. The Labute approximate surface area is 122 Å². The zero-order chi connectivity index (χ0) is 15.1. The van der Waals surface area contributed by atoms with E-state index < -0.39 is 5.97 Å². The van der Waals surface area contributed by atoms with Crippen LogP contribution in [0.4, 0.5) is 0 Å². The van der Waals surface area contributed by atoms with Crippen molar-refractivity contribution in [2.24, 2.45) is 0 Å². The van der Waals surface area contributed by atoms with Gasteiger partial charge in [-0.25, -0.2) is 4.79 Å². The van der Waals surface area contributed by atoms with Crippen LogP contribution in [0.1, 0.15) is 5.56 Å². The number of esters is 1. The summed E-state index contributed by atoms with van der Waals surface area (Å²) in [7, 11) is 0. The molecular formula is C16H13NO4. The van der Waals surface area contributed by atoms with Crippen LogP contribution >= 0.6 is 0 Å². The second kappa shape index (κ2) is 6.96. The van der Waals surface area contributed by atoms with E-state index in [1.54, 1.807) is 42.7 Å². The highest BCUT2D eigenvalue weighted by atomic mass is 16.6. The normalized spacial score (nSPS) is 9.52. The third kappa shape index (κ3) is 4.55. The lowest BCUT2D eigenvalue weighted by Gasteiger charge is -2.07. The predicted octanol–water partition coefficient (Wildman–Crippen LogP) is 2.84. The smallest absolute Gasteiger partial charge is 0.349 e. The highest BCUT2D eigenvalue weighted by Gasteiger charge is 2.06. The van der Waals surface area contributed by atoms with Crippen molar-refractivity contribution in [3.8, 4) is 23.5 Å². The molecule has 0 saturated carbocycles. The van der Waals surface area contributed by atoms with Gasteiger partial charge in [0.2, 0.25) is 0 Å². The minimum absolute atomic E-state index is 0.202. The van der Waals surface area contributed by atoms with E-state index in [1.165, 1.54) is 0 Å². The molecule has 0 saturated heterocycles. The molecule has 2 aromatic carbocycles. The Kier molecular flexibility index (Phi) is 4.78. The highest BCUT2D eigenvalue weighted by Crippen LogP contribution is 2.17. The van der Waals surface area contributed by atoms with Crippen LogP contribution in [0.2, 0.25) is 0 Å². The molecular weight excluding hydrogens is 270 g/mol. The summed E-state index contributed by atoms with van der Waals surface area (Å²) in [6.45, 7) is 1.75. The zero-order valence-corrected chi connectivity index (χ0v) is 11.4. The molecule has 0 unspecified atom stereocenters. The number of carbonyl (C=O) groups excluding carboxylic acids is 1. The molecule has 0 spiro atoms. The molecule has 0 aromatic heterocycles. The van der Waals surface area contributed by atoms with Gasteiger partial charge in [0.25, 0.3) is 6.26 Å². The highest BCUT2D eigenvalue weighted by molar-refractivity contribution is 5.73. The van der Waals surface area contributed by atoms with Gasteiger partial charge >= 0.3 is 5.97 Å². The number of aryl methyl sites for hydroxylation is 1. The molecule has 5 heteroatoms. The lowest BCUT2D eigenvalue weighted by Crippen LogP contribution is -2.17. The topological polar surface area (TPSA) is 68.6 Å². The average Bonchev–Trinajstić information content (AvgIpc) is 2.49. The summed E-state index contributed by atoms with van der Waals surface area (Å²) in [5.74, 6) is 0.886. The minimum atomic E-state index is -0.490. The van der Waals surface area contributed by atoms with Crippen LogP contribution in [0.5, 0.6) is 17.2 Å². The first kappa shape index (κ1) is 14.4. The van der Waals surface area contributed by atoms with Gasteiger partial charge in [0.1, 0.15) is 17.2 Å². The lowest BCUT2D eigenvalue weighted by atomic mass is 10.2. The molecule has 0 fully saturated rings. The Balaban J connectivity index is 1.83. The van der Waals surface area contributed by atoms with Crippen molar-refractivity contribution in [3.05, 3.63) is 54.1 Å². The van der Waals surface area contributed by atoms with Crippen molar-refractivity contribution in [2.75, 3.05) is 6.61 Å². The standard InChI is InChI=1S/C16H13NO4/c1-12-2-4-15(5-3-12)21-16(18)10-19-13-6-8-14(9-7-13)20-11-17/h2-9H,10H2,1H3. The number of nitrogens with zero attached hydrogens (tertiary/aromatic N) is 1. The van der Waals surface area contributed by atoms with Crippen molar-refractivity contribution in [3.63, 3.8) is 0 Å². The number of benzene rings is 2. The molecule has 0 radical (unpaired) electrons. The van der Waals surface area contributed by atoms with Crippen LogP contribution < -0.4 is 14.2 Å². The fourth-order valence-electron chi connectivity index (χ4n) is 1.57. The van der Waals surface area contributed by atoms with Gasteiger partial charge in [0.05, 0.1) is 0 Å². The SMILES string of the molecule is Cc1ccc(OC(=O)COc2ccc(OC#N)cc2)cc1. The van der Waals surface area contributed by atoms with Gasteiger partial charge in [-0.05, 0) is 43.3 Å². The van der Waals surface area contributed by atoms with Crippen LogP contribution in [0.15, 0.2) is 48.5 Å². The maximum absolute atomic E-state index is 11.6. The number of nitriles is 1. The molecule has 5 nitrogen and oxygen atoms in total. The summed E-state index contributed by atoms with van der Waals surface area (Å²) in [4.78, 5) is 11.6. The molecule has 2 aromatic rings. The van der Waals surface area contributed by atoms with Crippen molar-refractivity contribution < 1.29 is 19.0 Å². The molecule has 106 valence electrons. The van der Waals surface area contributed by atoms with E-state index in [9.17, 15) is 4.79 Å². The monoisotopic (exact) mass is 283 g/mol. The molecule has 0 N–H and O–H groups in total. The van der Waals surface area contributed by atoms with E-state index in [1.807, 2.05) is 19.1 Å².